The lowest BCUT2D eigenvalue weighted by molar-refractivity contribution is -0.158. The van der Waals surface area contributed by atoms with Crippen LogP contribution in [-0.4, -0.2) is 115 Å². The second kappa shape index (κ2) is 10.4. The van der Waals surface area contributed by atoms with Crippen LogP contribution in [0.15, 0.2) is 16.9 Å². The molecule has 5 aliphatic heterocycles. The first-order chi connectivity index (χ1) is 19.2. The predicted octanol–water partition coefficient (Wildman–Crippen LogP) is -1.37. The maximum absolute atomic E-state index is 13.3. The summed E-state index contributed by atoms with van der Waals surface area (Å²) in [6, 6.07) is -1.12. The molecule has 6 rings (SSSR count). The third-order valence-corrected chi connectivity index (χ3v) is 10.7. The zero-order valence-electron chi connectivity index (χ0n) is 22.6. The van der Waals surface area contributed by atoms with Crippen LogP contribution in [0.4, 0.5) is 0 Å². The van der Waals surface area contributed by atoms with E-state index >= 15 is 0 Å². The molecule has 7 atom stereocenters. The van der Waals surface area contributed by atoms with Crippen LogP contribution in [0.3, 0.4) is 0 Å². The first kappa shape index (κ1) is 27.1. The number of tetrazole rings is 1. The molecule has 3 amide bonds. The summed E-state index contributed by atoms with van der Waals surface area (Å²) >= 11 is 1.47. The third-order valence-electron chi connectivity index (χ3n) is 9.18. The Balaban J connectivity index is 1.08. The van der Waals surface area contributed by atoms with Crippen molar-refractivity contribution < 1.29 is 24.3 Å². The van der Waals surface area contributed by atoms with E-state index in [9.17, 15) is 24.3 Å². The summed E-state index contributed by atoms with van der Waals surface area (Å²) in [6.07, 6.45) is 4.08. The fourth-order valence-corrected chi connectivity index (χ4v) is 8.61. The molecule has 0 radical (unpaired) electrons. The number of likely N-dealkylation sites (tertiary alicyclic amines) is 1. The van der Waals surface area contributed by atoms with E-state index in [2.05, 4.69) is 31.5 Å². The minimum absolute atomic E-state index is 0.0196. The molecule has 5 aliphatic rings. The highest BCUT2D eigenvalue weighted by atomic mass is 32.2. The van der Waals surface area contributed by atoms with Gasteiger partial charge in [-0.15, -0.1) is 16.9 Å². The summed E-state index contributed by atoms with van der Waals surface area (Å²) < 4.78 is 1.29. The van der Waals surface area contributed by atoms with Gasteiger partial charge in [0.15, 0.2) is 0 Å². The molecule has 4 fully saturated rings. The standard InChI is InChI=1S/C25H35N9O5S/c1-13-19-18(14(2)29-17(35)9-33-12-28-30-31-33)23(37)34(19)20(24(38)39)21(13)40-15-7-16(27-8-15)22(36)32-6-4-25(11-32)3-5-26-10-25/h12-16,18-19,26-27H,3-11H2,1-2H3,(H,29,35)(H,38,39)/t13-,14-,15+,16?,18-,19-,25?/m1/s1. The lowest BCUT2D eigenvalue weighted by atomic mass is 9.78. The number of nitrogens with zero attached hydrogens (tertiary/aromatic N) is 6. The van der Waals surface area contributed by atoms with Gasteiger partial charge in [0, 0.05) is 53.7 Å². The number of thioether (sulfide) groups is 1. The third kappa shape index (κ3) is 4.67. The minimum atomic E-state index is -1.13. The van der Waals surface area contributed by atoms with Crippen LogP contribution in [0.2, 0.25) is 0 Å². The summed E-state index contributed by atoms with van der Waals surface area (Å²) in [7, 11) is 0. The summed E-state index contributed by atoms with van der Waals surface area (Å²) in [5.74, 6) is -2.39. The Labute approximate surface area is 235 Å². The highest BCUT2D eigenvalue weighted by Gasteiger charge is 2.60. The Morgan fingerprint density at radius 1 is 1.32 bits per heavy atom. The molecule has 1 spiro atoms. The topological polar surface area (TPSA) is 175 Å². The van der Waals surface area contributed by atoms with Crippen molar-refractivity contribution in [2.45, 2.75) is 63.0 Å². The van der Waals surface area contributed by atoms with Crippen LogP contribution in [0.25, 0.3) is 0 Å². The Morgan fingerprint density at radius 2 is 2.15 bits per heavy atom. The van der Waals surface area contributed by atoms with Gasteiger partial charge in [-0.25, -0.2) is 9.48 Å². The number of hydrogen-bond acceptors (Lipinski definition) is 10. The number of carboxylic acid groups (broad SMARTS) is 1. The molecule has 0 aliphatic carbocycles. The van der Waals surface area contributed by atoms with Gasteiger partial charge in [0.2, 0.25) is 17.7 Å². The maximum Gasteiger partial charge on any atom is 0.353 e. The molecule has 14 nitrogen and oxygen atoms in total. The highest BCUT2D eigenvalue weighted by Crippen LogP contribution is 2.52. The van der Waals surface area contributed by atoms with Gasteiger partial charge in [-0.2, -0.15) is 0 Å². The summed E-state index contributed by atoms with van der Waals surface area (Å²) in [6.45, 7) is 7.77. The Bertz CT molecular complexity index is 1230. The van der Waals surface area contributed by atoms with E-state index in [0.29, 0.717) is 17.9 Å². The van der Waals surface area contributed by atoms with Crippen molar-refractivity contribution in [3.63, 3.8) is 0 Å². The predicted molar refractivity (Wildman–Crippen MR) is 142 cm³/mol. The van der Waals surface area contributed by atoms with Crippen molar-refractivity contribution in [2.75, 3.05) is 32.7 Å². The molecule has 1 aromatic heterocycles. The fourth-order valence-electron chi connectivity index (χ4n) is 7.13. The van der Waals surface area contributed by atoms with Crippen LogP contribution in [0.1, 0.15) is 33.1 Å². The van der Waals surface area contributed by atoms with Gasteiger partial charge < -0.3 is 30.9 Å². The van der Waals surface area contributed by atoms with Crippen LogP contribution >= 0.6 is 11.8 Å². The second-order valence-electron chi connectivity index (χ2n) is 11.8. The summed E-state index contributed by atoms with van der Waals surface area (Å²) in [5, 5.41) is 30.4. The molecule has 4 saturated heterocycles. The van der Waals surface area contributed by atoms with E-state index in [1.165, 1.54) is 27.7 Å². The number of aliphatic carboxylic acids is 1. The average Bonchev–Trinajstić information content (AvgIpc) is 3.74. The van der Waals surface area contributed by atoms with Crippen molar-refractivity contribution in [2.24, 2.45) is 17.3 Å². The van der Waals surface area contributed by atoms with Gasteiger partial charge in [-0.05, 0) is 43.2 Å². The summed E-state index contributed by atoms with van der Waals surface area (Å²) in [4.78, 5) is 55.3. The zero-order chi connectivity index (χ0) is 28.2. The molecule has 0 aromatic carbocycles. The number of carbonyl (C=O) groups excluding carboxylic acids is 3. The van der Waals surface area contributed by atoms with E-state index < -0.39 is 17.9 Å². The first-order valence-electron chi connectivity index (χ1n) is 13.9. The average molecular weight is 574 g/mol. The minimum Gasteiger partial charge on any atom is -0.477 e. The SMILES string of the molecule is C[C@@H](NC(=O)Cn1cnnn1)[C@H]1C(=O)N2C(C(=O)O)=C(S[C@@H]3CNC(C(=O)N4CCC5(CCNC5)C4)C3)[C@H](C)[C@H]12. The Morgan fingerprint density at radius 3 is 2.85 bits per heavy atom. The van der Waals surface area contributed by atoms with Gasteiger partial charge in [0.25, 0.3) is 0 Å². The van der Waals surface area contributed by atoms with Gasteiger partial charge in [0.1, 0.15) is 18.6 Å². The zero-order valence-corrected chi connectivity index (χ0v) is 23.4. The van der Waals surface area contributed by atoms with Gasteiger partial charge in [-0.1, -0.05) is 6.92 Å². The smallest absolute Gasteiger partial charge is 0.353 e. The van der Waals surface area contributed by atoms with Crippen molar-refractivity contribution >= 4 is 35.5 Å². The largest absolute Gasteiger partial charge is 0.477 e. The van der Waals surface area contributed by atoms with Gasteiger partial charge >= 0.3 is 5.97 Å². The number of amides is 3. The van der Waals surface area contributed by atoms with Crippen LogP contribution in [0.5, 0.6) is 0 Å². The highest BCUT2D eigenvalue weighted by molar-refractivity contribution is 8.03. The molecular formula is C25H35N9O5S. The van der Waals surface area contributed by atoms with Crippen molar-refractivity contribution in [3.8, 4) is 0 Å². The van der Waals surface area contributed by atoms with Crippen molar-refractivity contribution in [3.05, 3.63) is 16.9 Å². The number of nitrogens with one attached hydrogen (secondary N) is 3. The molecule has 0 saturated carbocycles. The Kier molecular flexibility index (Phi) is 7.07. The van der Waals surface area contributed by atoms with Crippen LogP contribution < -0.4 is 16.0 Å². The Hall–Kier alpha value is -3.04. The van der Waals surface area contributed by atoms with Crippen LogP contribution in [0, 0.1) is 17.3 Å². The van der Waals surface area contributed by atoms with Gasteiger partial charge in [-0.3, -0.25) is 14.4 Å². The second-order valence-corrected chi connectivity index (χ2v) is 13.1. The van der Waals surface area contributed by atoms with Gasteiger partial charge in [0.05, 0.1) is 18.0 Å². The quantitative estimate of drug-likeness (QED) is 0.270. The fraction of sp³-hybridized carbons (Fsp3) is 0.720. The molecule has 15 heteroatoms. The monoisotopic (exact) mass is 573 g/mol. The van der Waals surface area contributed by atoms with Crippen molar-refractivity contribution in [1.82, 2.24) is 46.0 Å². The number of carbonyl (C=O) groups is 4. The van der Waals surface area contributed by atoms with E-state index in [1.54, 1.807) is 6.92 Å². The van der Waals surface area contributed by atoms with E-state index in [1.807, 2.05) is 11.8 Å². The lowest BCUT2D eigenvalue weighted by Gasteiger charge is -2.47. The summed E-state index contributed by atoms with van der Waals surface area (Å²) in [5.41, 5.74) is 0.241. The first-order valence-corrected chi connectivity index (χ1v) is 14.8. The number of β-lactam (4-membered cyclic amide) rings is 1. The molecule has 40 heavy (non-hydrogen) atoms. The van der Waals surface area contributed by atoms with E-state index in [0.717, 1.165) is 39.0 Å². The molecule has 216 valence electrons. The molecule has 2 unspecified atom stereocenters. The van der Waals surface area contributed by atoms with Crippen molar-refractivity contribution in [1.29, 1.82) is 0 Å². The number of rotatable bonds is 8. The molecule has 1 aromatic rings. The van der Waals surface area contributed by atoms with E-state index in [-0.39, 0.29) is 58.6 Å². The molecule has 4 N–H and O–H groups in total. The maximum atomic E-state index is 13.3. The molecule has 0 bridgehead atoms. The number of carboxylic acids is 1. The van der Waals surface area contributed by atoms with E-state index in [4.69, 9.17) is 0 Å². The molecular weight excluding hydrogens is 538 g/mol. The number of hydrogen-bond donors (Lipinski definition) is 4. The number of aromatic nitrogens is 4. The normalized spacial score (nSPS) is 34.0. The van der Waals surface area contributed by atoms with Crippen LogP contribution in [-0.2, 0) is 25.7 Å². The lowest BCUT2D eigenvalue weighted by Crippen LogP contribution is -2.66. The molecule has 6 heterocycles. The number of fused-ring (bicyclic) bond motifs is 1.